The maximum atomic E-state index is 12.9. The molecule has 0 unspecified atom stereocenters. The number of aryl methyl sites for hydroxylation is 1. The summed E-state index contributed by atoms with van der Waals surface area (Å²) < 4.78 is 1.72. The maximum absolute atomic E-state index is 12.9. The topological polar surface area (TPSA) is 67.2 Å². The van der Waals surface area contributed by atoms with Gasteiger partial charge in [-0.3, -0.25) is 14.3 Å². The quantitative estimate of drug-likeness (QED) is 0.915. The van der Waals surface area contributed by atoms with Crippen LogP contribution >= 0.6 is 0 Å². The summed E-state index contributed by atoms with van der Waals surface area (Å²) in [5.74, 6) is 0.0202. The molecular formula is C15H24N4O2. The third-order valence-electron chi connectivity index (χ3n) is 4.01. The summed E-state index contributed by atoms with van der Waals surface area (Å²) >= 11 is 0. The van der Waals surface area contributed by atoms with Crippen LogP contribution in [0.4, 0.5) is 0 Å². The van der Waals surface area contributed by atoms with E-state index in [4.69, 9.17) is 0 Å². The molecule has 0 radical (unpaired) electrons. The van der Waals surface area contributed by atoms with Gasteiger partial charge in [-0.2, -0.15) is 5.10 Å². The minimum absolute atomic E-state index is 0.117. The number of aromatic nitrogens is 2. The average molecular weight is 292 g/mol. The fraction of sp³-hybridized carbons (Fsp3) is 0.667. The predicted octanol–water partition coefficient (Wildman–Crippen LogP) is 1.38. The molecule has 2 rings (SSSR count). The summed E-state index contributed by atoms with van der Waals surface area (Å²) in [7, 11) is 0. The SMILES string of the molecule is CCn1nc(C(C)C)cc1C(=O)N1CCNC(=O)C1(C)C. The van der Waals surface area contributed by atoms with E-state index in [9.17, 15) is 9.59 Å². The van der Waals surface area contributed by atoms with Crippen molar-refractivity contribution in [1.29, 1.82) is 0 Å². The standard InChI is InChI=1S/C15H24N4O2/c1-6-19-12(9-11(17-19)10(2)3)13(20)18-8-7-16-14(21)15(18,4)5/h9-10H,6-8H2,1-5H3,(H,16,21). The van der Waals surface area contributed by atoms with E-state index in [0.29, 0.717) is 25.3 Å². The lowest BCUT2D eigenvalue weighted by atomic mass is 9.98. The molecule has 0 spiro atoms. The predicted molar refractivity (Wildman–Crippen MR) is 80.1 cm³/mol. The van der Waals surface area contributed by atoms with Gasteiger partial charge in [0.2, 0.25) is 5.91 Å². The van der Waals surface area contributed by atoms with E-state index in [2.05, 4.69) is 24.3 Å². The van der Waals surface area contributed by atoms with Gasteiger partial charge in [-0.05, 0) is 32.8 Å². The van der Waals surface area contributed by atoms with Crippen molar-refractivity contribution >= 4 is 11.8 Å². The lowest BCUT2D eigenvalue weighted by Crippen LogP contribution is -2.63. The number of hydrogen-bond donors (Lipinski definition) is 1. The number of carbonyl (C=O) groups excluding carboxylic acids is 2. The van der Waals surface area contributed by atoms with Crippen LogP contribution < -0.4 is 5.32 Å². The first kappa shape index (κ1) is 15.5. The first-order valence-electron chi connectivity index (χ1n) is 7.47. The Morgan fingerprint density at radius 3 is 2.71 bits per heavy atom. The molecule has 2 amide bonds. The van der Waals surface area contributed by atoms with E-state index in [1.807, 2.05) is 13.0 Å². The third kappa shape index (κ3) is 2.66. The largest absolute Gasteiger partial charge is 0.352 e. The first-order valence-corrected chi connectivity index (χ1v) is 7.47. The van der Waals surface area contributed by atoms with Crippen molar-refractivity contribution < 1.29 is 9.59 Å². The number of amides is 2. The summed E-state index contributed by atoms with van der Waals surface area (Å²) in [6, 6.07) is 1.85. The molecule has 1 N–H and O–H groups in total. The van der Waals surface area contributed by atoms with Gasteiger partial charge in [-0.1, -0.05) is 13.8 Å². The molecule has 1 fully saturated rings. The Morgan fingerprint density at radius 1 is 1.48 bits per heavy atom. The second-order valence-corrected chi connectivity index (χ2v) is 6.20. The Hall–Kier alpha value is -1.85. The van der Waals surface area contributed by atoms with Crippen LogP contribution in [0, 0.1) is 0 Å². The normalized spacial score (nSPS) is 18.0. The molecule has 0 bridgehead atoms. The van der Waals surface area contributed by atoms with Crippen LogP contribution in [0.1, 0.15) is 56.7 Å². The minimum atomic E-state index is -0.837. The Bertz CT molecular complexity index is 560. The zero-order valence-corrected chi connectivity index (χ0v) is 13.4. The fourth-order valence-corrected chi connectivity index (χ4v) is 2.53. The molecule has 1 saturated heterocycles. The third-order valence-corrected chi connectivity index (χ3v) is 4.01. The highest BCUT2D eigenvalue weighted by atomic mass is 16.2. The smallest absolute Gasteiger partial charge is 0.273 e. The van der Waals surface area contributed by atoms with E-state index in [1.165, 1.54) is 0 Å². The molecule has 1 aliphatic rings. The van der Waals surface area contributed by atoms with Crippen LogP contribution in [0.3, 0.4) is 0 Å². The Labute approximate surface area is 125 Å². The van der Waals surface area contributed by atoms with E-state index < -0.39 is 5.54 Å². The van der Waals surface area contributed by atoms with Crippen molar-refractivity contribution in [2.45, 2.75) is 52.6 Å². The van der Waals surface area contributed by atoms with Gasteiger partial charge in [0, 0.05) is 19.6 Å². The highest BCUT2D eigenvalue weighted by Crippen LogP contribution is 2.22. The Kier molecular flexibility index (Phi) is 4.07. The van der Waals surface area contributed by atoms with Gasteiger partial charge in [0.15, 0.2) is 0 Å². The van der Waals surface area contributed by atoms with Crippen molar-refractivity contribution in [3.05, 3.63) is 17.5 Å². The number of carbonyl (C=O) groups is 2. The highest BCUT2D eigenvalue weighted by Gasteiger charge is 2.41. The Morgan fingerprint density at radius 2 is 2.14 bits per heavy atom. The maximum Gasteiger partial charge on any atom is 0.273 e. The van der Waals surface area contributed by atoms with Crippen molar-refractivity contribution in [2.24, 2.45) is 0 Å². The number of piperazine rings is 1. The summed E-state index contributed by atoms with van der Waals surface area (Å²) in [5, 5.41) is 7.28. The monoisotopic (exact) mass is 292 g/mol. The number of hydrogen-bond acceptors (Lipinski definition) is 3. The van der Waals surface area contributed by atoms with Gasteiger partial charge in [0.1, 0.15) is 11.2 Å². The summed E-state index contributed by atoms with van der Waals surface area (Å²) in [6.07, 6.45) is 0. The number of nitrogens with one attached hydrogen (secondary N) is 1. The summed E-state index contributed by atoms with van der Waals surface area (Å²) in [5.41, 5.74) is 0.624. The lowest BCUT2D eigenvalue weighted by molar-refractivity contribution is -0.133. The van der Waals surface area contributed by atoms with Gasteiger partial charge in [-0.25, -0.2) is 0 Å². The first-order chi connectivity index (χ1) is 9.78. The van der Waals surface area contributed by atoms with Crippen molar-refractivity contribution in [3.8, 4) is 0 Å². The Balaban J connectivity index is 2.37. The van der Waals surface area contributed by atoms with Crippen LogP contribution in [0.5, 0.6) is 0 Å². The van der Waals surface area contributed by atoms with E-state index in [0.717, 1.165) is 5.69 Å². The van der Waals surface area contributed by atoms with Crippen LogP contribution in [0.2, 0.25) is 0 Å². The van der Waals surface area contributed by atoms with Gasteiger partial charge >= 0.3 is 0 Å². The minimum Gasteiger partial charge on any atom is -0.352 e. The van der Waals surface area contributed by atoms with E-state index in [1.54, 1.807) is 23.4 Å². The molecule has 1 aliphatic heterocycles. The zero-order chi connectivity index (χ0) is 15.8. The van der Waals surface area contributed by atoms with Crippen molar-refractivity contribution in [1.82, 2.24) is 20.0 Å². The summed E-state index contributed by atoms with van der Waals surface area (Å²) in [4.78, 5) is 26.5. The van der Waals surface area contributed by atoms with Crippen LogP contribution in [0.25, 0.3) is 0 Å². The zero-order valence-electron chi connectivity index (χ0n) is 13.4. The molecule has 0 saturated carbocycles. The van der Waals surface area contributed by atoms with Crippen LogP contribution in [0.15, 0.2) is 6.07 Å². The second kappa shape index (κ2) is 5.50. The summed E-state index contributed by atoms with van der Waals surface area (Å²) in [6.45, 7) is 11.2. The molecule has 21 heavy (non-hydrogen) atoms. The number of rotatable bonds is 3. The molecule has 6 nitrogen and oxygen atoms in total. The van der Waals surface area contributed by atoms with Crippen molar-refractivity contribution in [3.63, 3.8) is 0 Å². The molecule has 1 aromatic heterocycles. The van der Waals surface area contributed by atoms with E-state index in [-0.39, 0.29) is 17.7 Å². The second-order valence-electron chi connectivity index (χ2n) is 6.20. The van der Waals surface area contributed by atoms with Gasteiger partial charge in [0.05, 0.1) is 5.69 Å². The molecule has 6 heteroatoms. The van der Waals surface area contributed by atoms with E-state index >= 15 is 0 Å². The fourth-order valence-electron chi connectivity index (χ4n) is 2.53. The molecule has 0 atom stereocenters. The molecular weight excluding hydrogens is 268 g/mol. The molecule has 0 aromatic carbocycles. The molecule has 1 aromatic rings. The molecule has 0 aliphatic carbocycles. The van der Waals surface area contributed by atoms with Gasteiger partial charge in [0.25, 0.3) is 5.91 Å². The lowest BCUT2D eigenvalue weighted by Gasteiger charge is -2.41. The van der Waals surface area contributed by atoms with Crippen LogP contribution in [-0.4, -0.2) is 45.1 Å². The molecule has 2 heterocycles. The van der Waals surface area contributed by atoms with Gasteiger partial charge < -0.3 is 10.2 Å². The number of nitrogens with zero attached hydrogens (tertiary/aromatic N) is 3. The van der Waals surface area contributed by atoms with Gasteiger partial charge in [-0.15, -0.1) is 0 Å². The highest BCUT2D eigenvalue weighted by molar-refractivity contribution is 5.98. The van der Waals surface area contributed by atoms with Crippen molar-refractivity contribution in [2.75, 3.05) is 13.1 Å². The average Bonchev–Trinajstić information content (AvgIpc) is 2.85. The molecule has 116 valence electrons. The van der Waals surface area contributed by atoms with Crippen LogP contribution in [-0.2, 0) is 11.3 Å².